The van der Waals surface area contributed by atoms with Gasteiger partial charge in [0.2, 0.25) is 0 Å². The Morgan fingerprint density at radius 3 is 1.70 bits per heavy atom. The van der Waals surface area contributed by atoms with Crippen LogP contribution in [-0.4, -0.2) is 11.5 Å². The van der Waals surface area contributed by atoms with Gasteiger partial charge in [-0.1, -0.05) is 12.2 Å². The Balaban J connectivity index is 3.08. The fourth-order valence-electron chi connectivity index (χ4n) is 0.307. The van der Waals surface area contributed by atoms with Gasteiger partial charge in [0.1, 0.15) is 10.8 Å². The number of thiocyanates is 2. The van der Waals surface area contributed by atoms with Crippen molar-refractivity contribution in [2.75, 3.05) is 11.5 Å². The number of nitriles is 2. The summed E-state index contributed by atoms with van der Waals surface area (Å²) in [6.45, 7) is 0. The second-order valence-corrected chi connectivity index (χ2v) is 2.89. The fourth-order valence-corrected chi connectivity index (χ4v) is 0.921. The minimum Gasteiger partial charge on any atom is -0.185 e. The monoisotopic (exact) mass is 170 g/mol. The molecule has 0 bridgehead atoms. The van der Waals surface area contributed by atoms with E-state index in [4.69, 9.17) is 10.5 Å². The van der Waals surface area contributed by atoms with Gasteiger partial charge in [-0.25, -0.2) is 0 Å². The zero-order valence-corrected chi connectivity index (χ0v) is 6.91. The van der Waals surface area contributed by atoms with Gasteiger partial charge in [-0.3, -0.25) is 0 Å². The highest BCUT2D eigenvalue weighted by molar-refractivity contribution is 8.04. The third-order valence-electron chi connectivity index (χ3n) is 0.655. The molecule has 4 heteroatoms. The molecule has 0 spiro atoms. The first-order valence-electron chi connectivity index (χ1n) is 2.58. The van der Waals surface area contributed by atoms with Gasteiger partial charge in [-0.15, -0.1) is 0 Å². The highest BCUT2D eigenvalue weighted by Gasteiger charge is 1.78. The van der Waals surface area contributed by atoms with Gasteiger partial charge in [0, 0.05) is 11.5 Å². The molecule has 0 rings (SSSR count). The van der Waals surface area contributed by atoms with Crippen molar-refractivity contribution in [2.24, 2.45) is 0 Å². The lowest BCUT2D eigenvalue weighted by Gasteiger charge is -1.80. The predicted octanol–water partition coefficient (Wildman–Crippen LogP) is 1.97. The molecule has 0 saturated heterocycles. The Morgan fingerprint density at radius 1 is 1.00 bits per heavy atom. The van der Waals surface area contributed by atoms with E-state index in [9.17, 15) is 0 Å². The molecule has 0 heterocycles. The van der Waals surface area contributed by atoms with Gasteiger partial charge < -0.3 is 0 Å². The summed E-state index contributed by atoms with van der Waals surface area (Å²) < 4.78 is 0. The standard InChI is InChI=1S/C6H6N2S2/c7-5-9-3-1-2-4-10-6-8/h1-2H,3-4H2. The Kier molecular flexibility index (Phi) is 7.93. The van der Waals surface area contributed by atoms with E-state index in [2.05, 4.69) is 0 Å². The zero-order valence-electron chi connectivity index (χ0n) is 5.28. The third-order valence-corrected chi connectivity index (χ3v) is 1.63. The Hall–Kier alpha value is -0.580. The number of rotatable bonds is 4. The molecule has 0 aliphatic carbocycles. The minimum absolute atomic E-state index is 0.711. The lowest BCUT2D eigenvalue weighted by Crippen LogP contribution is -1.69. The summed E-state index contributed by atoms with van der Waals surface area (Å²) in [5.41, 5.74) is 0. The predicted molar refractivity (Wildman–Crippen MR) is 45.3 cm³/mol. The molecule has 0 aliphatic heterocycles. The first-order chi connectivity index (χ1) is 4.91. The molecule has 10 heavy (non-hydrogen) atoms. The molecule has 0 N–H and O–H groups in total. The summed E-state index contributed by atoms with van der Waals surface area (Å²) in [4.78, 5) is 0. The topological polar surface area (TPSA) is 47.6 Å². The van der Waals surface area contributed by atoms with E-state index in [-0.39, 0.29) is 0 Å². The van der Waals surface area contributed by atoms with Crippen LogP contribution in [0.4, 0.5) is 0 Å². The van der Waals surface area contributed by atoms with Crippen LogP contribution in [0.2, 0.25) is 0 Å². The normalized spacial score (nSPS) is 9.00. The second kappa shape index (κ2) is 8.42. The first kappa shape index (κ1) is 9.42. The summed E-state index contributed by atoms with van der Waals surface area (Å²) >= 11 is 2.39. The van der Waals surface area contributed by atoms with Gasteiger partial charge in [-0.2, -0.15) is 10.5 Å². The van der Waals surface area contributed by atoms with Gasteiger partial charge in [0.15, 0.2) is 0 Å². The van der Waals surface area contributed by atoms with Crippen LogP contribution >= 0.6 is 23.5 Å². The van der Waals surface area contributed by atoms with Crippen molar-refractivity contribution < 1.29 is 0 Å². The maximum Gasteiger partial charge on any atom is 0.133 e. The molecule has 0 fully saturated rings. The van der Waals surface area contributed by atoms with Crippen molar-refractivity contribution in [1.29, 1.82) is 10.5 Å². The maximum atomic E-state index is 8.09. The Morgan fingerprint density at radius 2 is 1.40 bits per heavy atom. The van der Waals surface area contributed by atoms with Crippen LogP contribution < -0.4 is 0 Å². The van der Waals surface area contributed by atoms with E-state index in [0.29, 0.717) is 11.5 Å². The molecule has 0 unspecified atom stereocenters. The molecular weight excluding hydrogens is 164 g/mol. The summed E-state index contributed by atoms with van der Waals surface area (Å²) in [5.74, 6) is 1.42. The second-order valence-electron chi connectivity index (χ2n) is 1.28. The van der Waals surface area contributed by atoms with Crippen LogP contribution in [0.5, 0.6) is 0 Å². The highest BCUT2D eigenvalue weighted by atomic mass is 32.2. The highest BCUT2D eigenvalue weighted by Crippen LogP contribution is 1.98. The quantitative estimate of drug-likeness (QED) is 0.367. The maximum absolute atomic E-state index is 8.09. The number of thioether (sulfide) groups is 2. The van der Waals surface area contributed by atoms with Crippen molar-refractivity contribution >= 4 is 23.5 Å². The fraction of sp³-hybridized carbons (Fsp3) is 0.333. The van der Waals surface area contributed by atoms with Crippen LogP contribution in [0, 0.1) is 21.3 Å². The van der Waals surface area contributed by atoms with Crippen LogP contribution in [0.15, 0.2) is 12.2 Å². The summed E-state index contributed by atoms with van der Waals surface area (Å²) in [7, 11) is 0. The molecule has 52 valence electrons. The molecule has 0 aromatic rings. The molecule has 0 atom stereocenters. The lowest BCUT2D eigenvalue weighted by molar-refractivity contribution is 1.56. The lowest BCUT2D eigenvalue weighted by atomic mass is 10.6. The van der Waals surface area contributed by atoms with Crippen molar-refractivity contribution in [3.05, 3.63) is 12.2 Å². The van der Waals surface area contributed by atoms with Gasteiger partial charge in [0.05, 0.1) is 0 Å². The van der Waals surface area contributed by atoms with E-state index >= 15 is 0 Å². The van der Waals surface area contributed by atoms with Crippen molar-refractivity contribution in [3.63, 3.8) is 0 Å². The molecule has 0 aliphatic rings. The molecule has 0 aromatic carbocycles. The van der Waals surface area contributed by atoms with Crippen LogP contribution in [-0.2, 0) is 0 Å². The van der Waals surface area contributed by atoms with E-state index in [0.717, 1.165) is 0 Å². The van der Waals surface area contributed by atoms with Crippen molar-refractivity contribution in [2.45, 2.75) is 0 Å². The molecule has 0 radical (unpaired) electrons. The van der Waals surface area contributed by atoms with E-state index in [1.54, 1.807) is 0 Å². The average molecular weight is 170 g/mol. The van der Waals surface area contributed by atoms with E-state index < -0.39 is 0 Å². The largest absolute Gasteiger partial charge is 0.185 e. The van der Waals surface area contributed by atoms with Crippen LogP contribution in [0.3, 0.4) is 0 Å². The third kappa shape index (κ3) is 7.42. The molecule has 0 saturated carbocycles. The number of hydrogen-bond donors (Lipinski definition) is 0. The summed E-state index contributed by atoms with van der Waals surface area (Å²) in [6, 6.07) is 0. The number of nitrogens with zero attached hydrogens (tertiary/aromatic N) is 2. The molecule has 2 nitrogen and oxygen atoms in total. The van der Waals surface area contributed by atoms with E-state index in [1.165, 1.54) is 23.5 Å². The van der Waals surface area contributed by atoms with Gasteiger partial charge in [-0.05, 0) is 23.5 Å². The summed E-state index contributed by atoms with van der Waals surface area (Å²) in [5, 5.41) is 20.1. The Labute approximate surface area is 68.9 Å². The zero-order chi connectivity index (χ0) is 7.66. The molecule has 0 amide bonds. The minimum atomic E-state index is 0.711. The Bertz CT molecular complexity index is 155. The smallest absolute Gasteiger partial charge is 0.133 e. The first-order valence-corrected chi connectivity index (χ1v) is 4.55. The van der Waals surface area contributed by atoms with Gasteiger partial charge >= 0.3 is 0 Å². The average Bonchev–Trinajstić information content (AvgIpc) is 1.97. The molecular formula is C6H6N2S2. The number of hydrogen-bond acceptors (Lipinski definition) is 4. The van der Waals surface area contributed by atoms with Crippen molar-refractivity contribution in [3.8, 4) is 10.8 Å². The summed E-state index contributed by atoms with van der Waals surface area (Å²) in [6.07, 6.45) is 3.77. The molecule has 0 aromatic heterocycles. The van der Waals surface area contributed by atoms with Crippen molar-refractivity contribution in [1.82, 2.24) is 0 Å². The SMILES string of the molecule is N#CSCC=CCSC#N. The van der Waals surface area contributed by atoms with Crippen LogP contribution in [0.1, 0.15) is 0 Å². The van der Waals surface area contributed by atoms with Crippen LogP contribution in [0.25, 0.3) is 0 Å². The van der Waals surface area contributed by atoms with Gasteiger partial charge in [0.25, 0.3) is 0 Å². The van der Waals surface area contributed by atoms with E-state index in [1.807, 2.05) is 23.0 Å².